The fraction of sp³-hybridized carbons (Fsp3) is 0.750. The molecule has 2 aliphatic rings. The summed E-state index contributed by atoms with van der Waals surface area (Å²) in [5, 5.41) is 5.79. The first-order chi connectivity index (χ1) is 4.77. The number of thiol groups is 1. The molecule has 2 unspecified atom stereocenters. The lowest BCUT2D eigenvalue weighted by Gasteiger charge is -2.14. The summed E-state index contributed by atoms with van der Waals surface area (Å²) in [7, 11) is 0. The van der Waals surface area contributed by atoms with Gasteiger partial charge in [0.15, 0.2) is 16.1 Å². The average molecular weight is 177 g/mol. The molecular formula is C4H7N3OS2. The molecule has 2 heterocycles. The maximum absolute atomic E-state index is 5.66. The third kappa shape index (κ3) is 1.12. The minimum absolute atomic E-state index is 0.104. The van der Waals surface area contributed by atoms with E-state index in [2.05, 4.69) is 17.7 Å². The highest BCUT2D eigenvalue weighted by molar-refractivity contribution is 8.32. The molecule has 0 radical (unpaired) electrons. The van der Waals surface area contributed by atoms with Gasteiger partial charge in [-0.3, -0.25) is 0 Å². The third-order valence-corrected chi connectivity index (χ3v) is 2.45. The molecule has 0 aromatic rings. The fourth-order valence-corrected chi connectivity index (χ4v) is 1.84. The van der Waals surface area contributed by atoms with Gasteiger partial charge in [-0.2, -0.15) is 5.10 Å². The maximum Gasteiger partial charge on any atom is 0.172 e. The van der Waals surface area contributed by atoms with Crippen molar-refractivity contribution in [2.75, 3.05) is 6.61 Å². The first-order valence-electron chi connectivity index (χ1n) is 2.87. The monoisotopic (exact) mass is 177 g/mol. The summed E-state index contributed by atoms with van der Waals surface area (Å²) in [5.41, 5.74) is 5.54. The van der Waals surface area contributed by atoms with E-state index >= 15 is 0 Å². The van der Waals surface area contributed by atoms with E-state index in [0.717, 1.165) is 6.61 Å². The Morgan fingerprint density at radius 1 is 1.90 bits per heavy atom. The number of hydrogen-bond donors (Lipinski definition) is 2. The molecule has 0 bridgehead atoms. The molecule has 1 fully saturated rings. The molecular weight excluding hydrogens is 170 g/mol. The van der Waals surface area contributed by atoms with Gasteiger partial charge in [-0.25, -0.2) is 5.01 Å². The summed E-state index contributed by atoms with van der Waals surface area (Å²) in [6, 6.07) is 0. The van der Waals surface area contributed by atoms with E-state index < -0.39 is 0 Å². The summed E-state index contributed by atoms with van der Waals surface area (Å²) in [6.07, 6.45) is 0.104. The van der Waals surface area contributed by atoms with Gasteiger partial charge in [0, 0.05) is 0 Å². The molecule has 2 N–H and O–H groups in total. The van der Waals surface area contributed by atoms with Gasteiger partial charge in [0.25, 0.3) is 0 Å². The smallest absolute Gasteiger partial charge is 0.172 e. The molecule has 10 heavy (non-hydrogen) atoms. The Balaban J connectivity index is 2.06. The lowest BCUT2D eigenvalue weighted by Crippen LogP contribution is -2.34. The maximum atomic E-state index is 5.66. The number of thioether (sulfide) groups is 1. The third-order valence-electron chi connectivity index (χ3n) is 1.30. The van der Waals surface area contributed by atoms with Crippen LogP contribution in [-0.4, -0.2) is 27.7 Å². The van der Waals surface area contributed by atoms with Gasteiger partial charge in [0.2, 0.25) is 0 Å². The van der Waals surface area contributed by atoms with Crippen LogP contribution in [0, 0.1) is 0 Å². The summed E-state index contributed by atoms with van der Waals surface area (Å²) < 4.78 is 5.71. The number of epoxide rings is 1. The Bertz CT molecular complexity index is 181. The van der Waals surface area contributed by atoms with Crippen molar-refractivity contribution in [1.29, 1.82) is 0 Å². The number of hydrazone groups is 1. The Kier molecular flexibility index (Phi) is 1.56. The zero-order chi connectivity index (χ0) is 7.14. The number of hydrogen-bond acceptors (Lipinski definition) is 5. The second kappa shape index (κ2) is 2.30. The standard InChI is InChI=1S/C4H7N3OS2/c5-3-7(2-1-8-2)6-4(9)10-3/h2-3H,1,5H2,(H,6,9). The molecule has 2 rings (SSSR count). The van der Waals surface area contributed by atoms with Gasteiger partial charge in [0.05, 0.1) is 6.61 Å². The minimum Gasteiger partial charge on any atom is -0.350 e. The summed E-state index contributed by atoms with van der Waals surface area (Å²) in [6.45, 7) is 0.735. The van der Waals surface area contributed by atoms with E-state index in [-0.39, 0.29) is 11.7 Å². The van der Waals surface area contributed by atoms with Crippen molar-refractivity contribution in [3.05, 3.63) is 0 Å². The molecule has 2 atom stereocenters. The Hall–Kier alpha value is 0.0900. The number of rotatable bonds is 1. The Morgan fingerprint density at radius 2 is 2.60 bits per heavy atom. The highest BCUT2D eigenvalue weighted by Gasteiger charge is 2.37. The van der Waals surface area contributed by atoms with Crippen LogP contribution < -0.4 is 5.73 Å². The van der Waals surface area contributed by atoms with Gasteiger partial charge in [-0.1, -0.05) is 11.8 Å². The van der Waals surface area contributed by atoms with Crippen LogP contribution in [0.1, 0.15) is 0 Å². The van der Waals surface area contributed by atoms with Crippen LogP contribution in [-0.2, 0) is 4.74 Å². The second-order valence-electron chi connectivity index (χ2n) is 2.06. The van der Waals surface area contributed by atoms with E-state index in [9.17, 15) is 0 Å². The predicted molar refractivity (Wildman–Crippen MR) is 43.6 cm³/mol. The molecule has 0 spiro atoms. The number of nitrogens with two attached hydrogens (primary N) is 1. The van der Waals surface area contributed by atoms with Gasteiger partial charge >= 0.3 is 0 Å². The molecule has 6 heteroatoms. The van der Waals surface area contributed by atoms with Crippen molar-refractivity contribution in [2.45, 2.75) is 11.7 Å². The van der Waals surface area contributed by atoms with Gasteiger partial charge in [-0.05, 0) is 0 Å². The summed E-state index contributed by atoms with van der Waals surface area (Å²) in [4.78, 5) is 0. The van der Waals surface area contributed by atoms with Crippen LogP contribution >= 0.6 is 24.4 Å². The molecule has 0 aliphatic carbocycles. The van der Waals surface area contributed by atoms with Crippen LogP contribution in [0.15, 0.2) is 5.10 Å². The summed E-state index contributed by atoms with van der Waals surface area (Å²) in [5.74, 6) is 0. The van der Waals surface area contributed by atoms with E-state index in [4.69, 9.17) is 10.5 Å². The molecule has 0 amide bonds. The highest BCUT2D eigenvalue weighted by atomic mass is 32.2. The quantitative estimate of drug-likeness (QED) is 0.431. The lowest BCUT2D eigenvalue weighted by atomic mass is 10.7. The SMILES string of the molecule is NC1SC(S)=NN1C1CO1. The zero-order valence-corrected chi connectivity index (χ0v) is 6.81. The van der Waals surface area contributed by atoms with Crippen LogP contribution in [0.25, 0.3) is 0 Å². The van der Waals surface area contributed by atoms with Gasteiger partial charge in [0.1, 0.15) is 0 Å². The highest BCUT2D eigenvalue weighted by Crippen LogP contribution is 2.30. The topological polar surface area (TPSA) is 54.1 Å². The normalized spacial score (nSPS) is 38.2. The average Bonchev–Trinajstić information content (AvgIpc) is 2.61. The largest absolute Gasteiger partial charge is 0.350 e. The van der Waals surface area contributed by atoms with Crippen LogP contribution in [0.4, 0.5) is 0 Å². The van der Waals surface area contributed by atoms with Crippen LogP contribution in [0.3, 0.4) is 0 Å². The van der Waals surface area contributed by atoms with Gasteiger partial charge < -0.3 is 10.5 Å². The Labute approximate surface area is 68.2 Å². The van der Waals surface area contributed by atoms with Crippen molar-refractivity contribution < 1.29 is 4.74 Å². The first-order valence-corrected chi connectivity index (χ1v) is 4.20. The summed E-state index contributed by atoms with van der Waals surface area (Å²) >= 11 is 5.50. The zero-order valence-electron chi connectivity index (χ0n) is 5.10. The van der Waals surface area contributed by atoms with Crippen molar-refractivity contribution in [3.63, 3.8) is 0 Å². The molecule has 0 saturated carbocycles. The first kappa shape index (κ1) is 6.78. The molecule has 2 aliphatic heterocycles. The Morgan fingerprint density at radius 3 is 3.00 bits per heavy atom. The molecule has 56 valence electrons. The molecule has 4 nitrogen and oxygen atoms in total. The van der Waals surface area contributed by atoms with E-state index in [1.54, 1.807) is 5.01 Å². The van der Waals surface area contributed by atoms with E-state index in [0.29, 0.717) is 4.38 Å². The van der Waals surface area contributed by atoms with Crippen LogP contribution in [0.5, 0.6) is 0 Å². The predicted octanol–water partition coefficient (Wildman–Crippen LogP) is -0.165. The van der Waals surface area contributed by atoms with Gasteiger partial charge in [-0.15, -0.1) is 12.6 Å². The minimum atomic E-state index is -0.111. The molecule has 0 aromatic heterocycles. The fourth-order valence-electron chi connectivity index (χ4n) is 0.765. The second-order valence-corrected chi connectivity index (χ2v) is 3.89. The van der Waals surface area contributed by atoms with Crippen molar-refractivity contribution in [2.24, 2.45) is 10.8 Å². The van der Waals surface area contributed by atoms with E-state index in [1.165, 1.54) is 11.8 Å². The van der Waals surface area contributed by atoms with E-state index in [1.807, 2.05) is 0 Å². The lowest BCUT2D eigenvalue weighted by molar-refractivity contribution is 0.177. The van der Waals surface area contributed by atoms with Crippen molar-refractivity contribution >= 4 is 28.8 Å². The van der Waals surface area contributed by atoms with Crippen molar-refractivity contribution in [3.8, 4) is 0 Å². The number of ether oxygens (including phenoxy) is 1. The van der Waals surface area contributed by atoms with Crippen LogP contribution in [0.2, 0.25) is 0 Å². The molecule has 0 aromatic carbocycles. The number of nitrogens with zero attached hydrogens (tertiary/aromatic N) is 2. The van der Waals surface area contributed by atoms with Crippen molar-refractivity contribution in [1.82, 2.24) is 5.01 Å². The molecule has 1 saturated heterocycles.